The maximum atomic E-state index is 13.2. The number of hydrogen-bond acceptors (Lipinski definition) is 3. The first-order valence-electron chi connectivity index (χ1n) is 5.53. The van der Waals surface area contributed by atoms with Gasteiger partial charge in [0.05, 0.1) is 4.92 Å². The normalized spacial score (nSPS) is 25.6. The summed E-state index contributed by atoms with van der Waals surface area (Å²) in [7, 11) is 0. The second-order valence-corrected chi connectivity index (χ2v) is 5.10. The molecule has 0 radical (unpaired) electrons. The fourth-order valence-electron chi connectivity index (χ4n) is 2.74. The Morgan fingerprint density at radius 3 is 2.65 bits per heavy atom. The number of hydrogen-bond donors (Lipinski definition) is 1. The molecule has 2 atom stereocenters. The van der Waals surface area contributed by atoms with Crippen LogP contribution in [0.3, 0.4) is 0 Å². The molecular weight excluding hydrogens is 223 g/mol. The van der Waals surface area contributed by atoms with Crippen LogP contribution in [0.2, 0.25) is 0 Å². The van der Waals surface area contributed by atoms with Gasteiger partial charge in [0.25, 0.3) is 5.69 Å². The number of nitro groups is 1. The molecule has 0 saturated heterocycles. The van der Waals surface area contributed by atoms with Crippen molar-refractivity contribution in [1.29, 1.82) is 0 Å². The summed E-state index contributed by atoms with van der Waals surface area (Å²) < 4.78 is 13.2. The molecule has 1 aliphatic carbocycles. The van der Waals surface area contributed by atoms with E-state index in [4.69, 9.17) is 5.73 Å². The lowest BCUT2D eigenvalue weighted by Crippen LogP contribution is -2.05. The Kier molecular flexibility index (Phi) is 2.66. The molecule has 1 aliphatic rings. The molecule has 0 amide bonds. The van der Waals surface area contributed by atoms with Crippen molar-refractivity contribution in [1.82, 2.24) is 0 Å². The number of nitrogens with two attached hydrogens (primary N) is 1. The maximum Gasteiger partial charge on any atom is 0.273 e. The van der Waals surface area contributed by atoms with Gasteiger partial charge in [-0.2, -0.15) is 0 Å². The lowest BCUT2D eigenvalue weighted by Gasteiger charge is -2.04. The second kappa shape index (κ2) is 3.77. The van der Waals surface area contributed by atoms with E-state index in [9.17, 15) is 14.5 Å². The van der Waals surface area contributed by atoms with Crippen molar-refractivity contribution in [3.05, 3.63) is 39.7 Å². The zero-order valence-electron chi connectivity index (χ0n) is 9.81. The molecule has 0 aromatic heterocycles. The summed E-state index contributed by atoms with van der Waals surface area (Å²) in [5.41, 5.74) is 6.00. The summed E-state index contributed by atoms with van der Waals surface area (Å²) in [6.45, 7) is 4.47. The molecular formula is C12H15FN2O2. The number of nitro benzene ring substituents is 1. The Morgan fingerprint density at radius 1 is 1.53 bits per heavy atom. The maximum absolute atomic E-state index is 13.2. The fraction of sp³-hybridized carbons (Fsp3) is 0.500. The first-order valence-corrected chi connectivity index (χ1v) is 5.53. The van der Waals surface area contributed by atoms with E-state index in [1.807, 2.05) is 13.8 Å². The van der Waals surface area contributed by atoms with E-state index in [0.29, 0.717) is 12.1 Å². The molecule has 5 heteroatoms. The quantitative estimate of drug-likeness (QED) is 0.649. The van der Waals surface area contributed by atoms with Crippen LogP contribution in [0.5, 0.6) is 0 Å². The number of rotatable bonds is 3. The zero-order valence-corrected chi connectivity index (χ0v) is 9.81. The molecule has 0 spiro atoms. The van der Waals surface area contributed by atoms with E-state index in [0.717, 1.165) is 6.07 Å². The predicted molar refractivity (Wildman–Crippen MR) is 62.1 cm³/mol. The summed E-state index contributed by atoms with van der Waals surface area (Å²) in [5, 5.41) is 10.9. The average molecular weight is 238 g/mol. The summed E-state index contributed by atoms with van der Waals surface area (Å²) >= 11 is 0. The smallest absolute Gasteiger partial charge is 0.273 e. The average Bonchev–Trinajstić information content (AvgIpc) is 2.79. The van der Waals surface area contributed by atoms with Gasteiger partial charge < -0.3 is 5.73 Å². The molecule has 0 bridgehead atoms. The first-order chi connectivity index (χ1) is 7.89. The Labute approximate surface area is 98.8 Å². The van der Waals surface area contributed by atoms with Crippen LogP contribution >= 0.6 is 0 Å². The zero-order chi connectivity index (χ0) is 12.8. The predicted octanol–water partition coefficient (Wildman–Crippen LogP) is 2.43. The fourth-order valence-corrected chi connectivity index (χ4v) is 2.74. The van der Waals surface area contributed by atoms with E-state index in [-0.39, 0.29) is 22.9 Å². The van der Waals surface area contributed by atoms with Crippen LogP contribution in [0.4, 0.5) is 10.1 Å². The first kappa shape index (κ1) is 12.0. The molecule has 0 heterocycles. The molecule has 1 aromatic rings. The summed E-state index contributed by atoms with van der Waals surface area (Å²) in [6.07, 6.45) is 0. The van der Waals surface area contributed by atoms with Crippen molar-refractivity contribution in [2.24, 2.45) is 17.1 Å². The second-order valence-electron chi connectivity index (χ2n) is 5.10. The lowest BCUT2D eigenvalue weighted by atomic mass is 10.0. The molecule has 1 saturated carbocycles. The van der Waals surface area contributed by atoms with Gasteiger partial charge in [0.2, 0.25) is 0 Å². The topological polar surface area (TPSA) is 69.2 Å². The van der Waals surface area contributed by atoms with Crippen molar-refractivity contribution < 1.29 is 9.31 Å². The van der Waals surface area contributed by atoms with Crippen molar-refractivity contribution in [2.45, 2.75) is 19.8 Å². The molecule has 2 rings (SSSR count). The van der Waals surface area contributed by atoms with Gasteiger partial charge in [-0.15, -0.1) is 0 Å². The minimum absolute atomic E-state index is 0.0135. The van der Waals surface area contributed by atoms with Crippen LogP contribution in [-0.2, 0) is 0 Å². The minimum Gasteiger partial charge on any atom is -0.330 e. The van der Waals surface area contributed by atoms with Crippen LogP contribution in [0.15, 0.2) is 18.2 Å². The largest absolute Gasteiger partial charge is 0.330 e. The molecule has 0 unspecified atom stereocenters. The van der Waals surface area contributed by atoms with Gasteiger partial charge in [0.15, 0.2) is 0 Å². The molecule has 2 N–H and O–H groups in total. The van der Waals surface area contributed by atoms with Crippen LogP contribution in [0, 0.1) is 27.3 Å². The molecule has 0 aliphatic heterocycles. The molecule has 1 fully saturated rings. The van der Waals surface area contributed by atoms with E-state index < -0.39 is 10.7 Å². The van der Waals surface area contributed by atoms with Crippen molar-refractivity contribution in [2.75, 3.05) is 6.54 Å². The van der Waals surface area contributed by atoms with E-state index in [1.165, 1.54) is 12.1 Å². The monoisotopic (exact) mass is 238 g/mol. The highest BCUT2D eigenvalue weighted by molar-refractivity contribution is 5.47. The van der Waals surface area contributed by atoms with Crippen molar-refractivity contribution >= 4 is 5.69 Å². The number of benzene rings is 1. The van der Waals surface area contributed by atoms with Gasteiger partial charge in [0, 0.05) is 17.5 Å². The third kappa shape index (κ3) is 1.80. The Balaban J connectivity index is 2.46. The van der Waals surface area contributed by atoms with Crippen LogP contribution in [-0.4, -0.2) is 11.5 Å². The van der Waals surface area contributed by atoms with Gasteiger partial charge in [-0.05, 0) is 30.0 Å². The summed E-state index contributed by atoms with van der Waals surface area (Å²) in [5.74, 6) is -0.282. The highest BCUT2D eigenvalue weighted by Gasteiger charge is 2.59. The molecule has 1 aromatic carbocycles. The standard InChI is InChI=1S/C12H15FN2O2/c1-12(2)9(6-14)11(12)8-5-7(13)3-4-10(8)15(16)17/h3-5,9,11H,6,14H2,1-2H3/t9-,11-/m0/s1. The van der Waals surface area contributed by atoms with Crippen LogP contribution in [0.25, 0.3) is 0 Å². The number of halogens is 1. The van der Waals surface area contributed by atoms with Gasteiger partial charge in [-0.1, -0.05) is 13.8 Å². The van der Waals surface area contributed by atoms with E-state index in [2.05, 4.69) is 0 Å². The minimum atomic E-state index is -0.462. The van der Waals surface area contributed by atoms with Gasteiger partial charge in [-0.3, -0.25) is 10.1 Å². The summed E-state index contributed by atoms with van der Waals surface area (Å²) in [4.78, 5) is 10.5. The lowest BCUT2D eigenvalue weighted by molar-refractivity contribution is -0.385. The molecule has 4 nitrogen and oxygen atoms in total. The van der Waals surface area contributed by atoms with Crippen molar-refractivity contribution in [3.8, 4) is 0 Å². The molecule has 17 heavy (non-hydrogen) atoms. The third-order valence-corrected chi connectivity index (χ3v) is 3.83. The van der Waals surface area contributed by atoms with Gasteiger partial charge in [0.1, 0.15) is 5.82 Å². The molecule has 92 valence electrons. The van der Waals surface area contributed by atoms with Crippen LogP contribution < -0.4 is 5.73 Å². The Bertz CT molecular complexity index is 474. The SMILES string of the molecule is CC1(C)[C@@H](CN)[C@@H]1c1cc(F)ccc1[N+](=O)[O-]. The highest BCUT2D eigenvalue weighted by atomic mass is 19.1. The highest BCUT2D eigenvalue weighted by Crippen LogP contribution is 2.65. The summed E-state index contributed by atoms with van der Waals surface area (Å²) in [6, 6.07) is 3.61. The number of nitrogens with zero attached hydrogens (tertiary/aromatic N) is 1. The van der Waals surface area contributed by atoms with Gasteiger partial charge >= 0.3 is 0 Å². The third-order valence-electron chi connectivity index (χ3n) is 3.83. The van der Waals surface area contributed by atoms with E-state index >= 15 is 0 Å². The van der Waals surface area contributed by atoms with Gasteiger partial charge in [-0.25, -0.2) is 4.39 Å². The Hall–Kier alpha value is -1.49. The Morgan fingerprint density at radius 2 is 2.18 bits per heavy atom. The van der Waals surface area contributed by atoms with E-state index in [1.54, 1.807) is 0 Å². The van der Waals surface area contributed by atoms with Crippen molar-refractivity contribution in [3.63, 3.8) is 0 Å². The van der Waals surface area contributed by atoms with Crippen LogP contribution in [0.1, 0.15) is 25.3 Å².